The van der Waals surface area contributed by atoms with E-state index in [1.54, 1.807) is 0 Å². The van der Waals surface area contributed by atoms with Gasteiger partial charge in [0.2, 0.25) is 0 Å². The van der Waals surface area contributed by atoms with Crippen LogP contribution in [0.4, 0.5) is 0 Å². The summed E-state index contributed by atoms with van der Waals surface area (Å²) in [4.78, 5) is 19.3. The Balaban J connectivity index is 1.15. The lowest BCUT2D eigenvalue weighted by Gasteiger charge is -2.47. The van der Waals surface area contributed by atoms with Crippen molar-refractivity contribution in [3.8, 4) is 0 Å². The predicted molar refractivity (Wildman–Crippen MR) is 108 cm³/mol. The van der Waals surface area contributed by atoms with Gasteiger partial charge in [0.1, 0.15) is 0 Å². The van der Waals surface area contributed by atoms with Crippen molar-refractivity contribution in [2.24, 2.45) is 0 Å². The van der Waals surface area contributed by atoms with Crippen molar-refractivity contribution in [1.29, 1.82) is 0 Å². The van der Waals surface area contributed by atoms with E-state index in [2.05, 4.69) is 4.98 Å². The van der Waals surface area contributed by atoms with Crippen molar-refractivity contribution in [3.05, 3.63) is 64.5 Å². The van der Waals surface area contributed by atoms with Crippen LogP contribution in [0.25, 0.3) is 0 Å². The van der Waals surface area contributed by atoms with Crippen LogP contribution in [0.2, 0.25) is 0 Å². The van der Waals surface area contributed by atoms with Crippen LogP contribution in [0, 0.1) is 6.92 Å². The highest BCUT2D eigenvalue weighted by molar-refractivity contribution is 8.01. The first-order chi connectivity index (χ1) is 13.6. The zero-order valence-corrected chi connectivity index (χ0v) is 16.8. The van der Waals surface area contributed by atoms with Crippen LogP contribution in [0.15, 0.2) is 36.4 Å². The van der Waals surface area contributed by atoms with Crippen LogP contribution in [-0.4, -0.2) is 45.5 Å². The van der Waals surface area contributed by atoms with Gasteiger partial charge in [0.15, 0.2) is 0 Å². The Labute approximate surface area is 169 Å². The molecule has 0 N–H and O–H groups in total. The van der Waals surface area contributed by atoms with Gasteiger partial charge in [0, 0.05) is 30.1 Å². The standard InChI is InChI=1S/C22H24N2O3S/c1-15-3-2-4-19(23-15)11-27-20-8-22(28-12-20)13-24(14-22)21(25)16-5-6-17-9-26-10-18(17)7-16/h2-7,20H,8-14H2,1H3/t20-/m0/s1. The number of pyridine rings is 1. The molecule has 1 amide bonds. The first kappa shape index (κ1) is 18.2. The maximum atomic E-state index is 12.8. The summed E-state index contributed by atoms with van der Waals surface area (Å²) in [7, 11) is 0. The smallest absolute Gasteiger partial charge is 0.253 e. The van der Waals surface area contributed by atoms with Gasteiger partial charge >= 0.3 is 0 Å². The molecule has 2 aromatic rings. The third kappa shape index (κ3) is 3.45. The Kier molecular flexibility index (Phi) is 4.65. The summed E-state index contributed by atoms with van der Waals surface area (Å²) in [5.41, 5.74) is 5.13. The summed E-state index contributed by atoms with van der Waals surface area (Å²) >= 11 is 1.96. The van der Waals surface area contributed by atoms with Gasteiger partial charge in [-0.2, -0.15) is 0 Å². The second kappa shape index (κ2) is 7.17. The van der Waals surface area contributed by atoms with Crippen molar-refractivity contribution in [2.75, 3.05) is 18.8 Å². The molecule has 1 aromatic carbocycles. The van der Waals surface area contributed by atoms with Crippen LogP contribution in [0.3, 0.4) is 0 Å². The van der Waals surface area contributed by atoms with Gasteiger partial charge in [-0.05, 0) is 48.7 Å². The fraction of sp³-hybridized carbons (Fsp3) is 0.455. The molecule has 1 aromatic heterocycles. The molecule has 2 saturated heterocycles. The van der Waals surface area contributed by atoms with Crippen LogP contribution in [0.5, 0.6) is 0 Å². The minimum atomic E-state index is 0.134. The number of thioether (sulfide) groups is 1. The average molecular weight is 397 g/mol. The maximum absolute atomic E-state index is 12.8. The molecule has 3 aliphatic rings. The van der Waals surface area contributed by atoms with Crippen molar-refractivity contribution >= 4 is 17.7 Å². The van der Waals surface area contributed by atoms with E-state index in [1.807, 2.05) is 60.0 Å². The number of fused-ring (bicyclic) bond motifs is 1. The minimum Gasteiger partial charge on any atom is -0.372 e. The first-order valence-electron chi connectivity index (χ1n) is 9.77. The molecular formula is C22H24N2O3S. The number of rotatable bonds is 4. The van der Waals surface area contributed by atoms with Crippen LogP contribution in [0.1, 0.15) is 39.3 Å². The second-order valence-electron chi connectivity index (χ2n) is 8.04. The highest BCUT2D eigenvalue weighted by atomic mass is 32.2. The van der Waals surface area contributed by atoms with Crippen molar-refractivity contribution in [3.63, 3.8) is 0 Å². The van der Waals surface area contributed by atoms with Crippen LogP contribution >= 0.6 is 11.8 Å². The number of benzene rings is 1. The van der Waals surface area contributed by atoms with Gasteiger partial charge in [-0.3, -0.25) is 9.78 Å². The number of likely N-dealkylation sites (tertiary alicyclic amines) is 1. The third-order valence-corrected chi connectivity index (χ3v) is 7.38. The molecule has 2 fully saturated rings. The molecule has 6 heteroatoms. The Hall–Kier alpha value is -1.89. The number of carbonyl (C=O) groups excluding carboxylic acids is 1. The number of carbonyl (C=O) groups is 1. The quantitative estimate of drug-likeness (QED) is 0.793. The summed E-state index contributed by atoms with van der Waals surface area (Å²) in [6, 6.07) is 12.0. The molecular weight excluding hydrogens is 372 g/mol. The minimum absolute atomic E-state index is 0.134. The molecule has 0 saturated carbocycles. The molecule has 0 aliphatic carbocycles. The maximum Gasteiger partial charge on any atom is 0.253 e. The van der Waals surface area contributed by atoms with Gasteiger partial charge in [-0.25, -0.2) is 0 Å². The van der Waals surface area contributed by atoms with E-state index in [1.165, 1.54) is 5.56 Å². The summed E-state index contributed by atoms with van der Waals surface area (Å²) in [5.74, 6) is 1.12. The normalized spacial score (nSPS) is 22.3. The molecule has 5 nitrogen and oxygen atoms in total. The van der Waals surface area contributed by atoms with Crippen molar-refractivity contribution < 1.29 is 14.3 Å². The fourth-order valence-corrected chi connectivity index (χ4v) is 5.85. The van der Waals surface area contributed by atoms with E-state index >= 15 is 0 Å². The highest BCUT2D eigenvalue weighted by Crippen LogP contribution is 2.46. The molecule has 4 heterocycles. The second-order valence-corrected chi connectivity index (χ2v) is 9.53. The van der Waals surface area contributed by atoms with Crippen molar-refractivity contribution in [2.45, 2.75) is 44.0 Å². The van der Waals surface area contributed by atoms with Gasteiger partial charge in [0.25, 0.3) is 5.91 Å². The van der Waals surface area contributed by atoms with Crippen molar-refractivity contribution in [1.82, 2.24) is 9.88 Å². The third-order valence-electron chi connectivity index (χ3n) is 5.80. The van der Waals surface area contributed by atoms with E-state index in [-0.39, 0.29) is 16.8 Å². The first-order valence-corrected chi connectivity index (χ1v) is 10.8. The molecule has 0 bridgehead atoms. The van der Waals surface area contributed by atoms with Crippen LogP contribution < -0.4 is 0 Å². The number of hydrogen-bond acceptors (Lipinski definition) is 5. The summed E-state index contributed by atoms with van der Waals surface area (Å²) < 4.78 is 11.7. The lowest BCUT2D eigenvalue weighted by atomic mass is 9.92. The molecule has 1 atom stereocenters. The zero-order valence-electron chi connectivity index (χ0n) is 16.0. The van der Waals surface area contributed by atoms with E-state index in [0.29, 0.717) is 19.8 Å². The topological polar surface area (TPSA) is 51.7 Å². The zero-order chi connectivity index (χ0) is 19.1. The Morgan fingerprint density at radius 1 is 1.29 bits per heavy atom. The lowest BCUT2D eigenvalue weighted by molar-refractivity contribution is 0.0245. The predicted octanol–water partition coefficient (Wildman–Crippen LogP) is 3.34. The largest absolute Gasteiger partial charge is 0.372 e. The molecule has 0 unspecified atom stereocenters. The average Bonchev–Trinajstić information content (AvgIpc) is 3.31. The van der Waals surface area contributed by atoms with E-state index in [4.69, 9.17) is 9.47 Å². The molecule has 3 aliphatic heterocycles. The number of aromatic nitrogens is 1. The van der Waals surface area contributed by atoms with E-state index < -0.39 is 0 Å². The van der Waals surface area contributed by atoms with Gasteiger partial charge in [-0.1, -0.05) is 12.1 Å². The van der Waals surface area contributed by atoms with Gasteiger partial charge in [-0.15, -0.1) is 11.8 Å². The SMILES string of the molecule is Cc1cccc(CO[C@@H]2CSC3(C2)CN(C(=O)c2ccc4c(c2)COC4)C3)n1. The fourth-order valence-electron chi connectivity index (χ4n) is 4.29. The van der Waals surface area contributed by atoms with Gasteiger partial charge < -0.3 is 14.4 Å². The van der Waals surface area contributed by atoms with Gasteiger partial charge in [0.05, 0.1) is 36.4 Å². The highest BCUT2D eigenvalue weighted by Gasteiger charge is 2.51. The van der Waals surface area contributed by atoms with E-state index in [0.717, 1.165) is 47.8 Å². The Morgan fingerprint density at radius 3 is 3.00 bits per heavy atom. The number of ether oxygens (including phenoxy) is 2. The summed E-state index contributed by atoms with van der Waals surface area (Å²) in [5, 5.41) is 0. The molecule has 146 valence electrons. The monoisotopic (exact) mass is 396 g/mol. The molecule has 28 heavy (non-hydrogen) atoms. The molecule has 5 rings (SSSR count). The Morgan fingerprint density at radius 2 is 2.14 bits per heavy atom. The lowest BCUT2D eigenvalue weighted by Crippen LogP contribution is -2.60. The summed E-state index contributed by atoms with van der Waals surface area (Å²) in [6.07, 6.45) is 1.24. The van der Waals surface area contributed by atoms with Crippen LogP contribution in [-0.2, 0) is 29.3 Å². The Bertz CT molecular complexity index is 910. The number of nitrogens with zero attached hydrogens (tertiary/aromatic N) is 2. The number of amides is 1. The molecule has 1 spiro atoms. The number of hydrogen-bond donors (Lipinski definition) is 0. The summed E-state index contributed by atoms with van der Waals surface area (Å²) in [6.45, 7) is 5.46. The number of aryl methyl sites for hydroxylation is 1. The molecule has 0 radical (unpaired) electrons. The van der Waals surface area contributed by atoms with E-state index in [9.17, 15) is 4.79 Å².